The van der Waals surface area contributed by atoms with E-state index in [0.29, 0.717) is 31.9 Å². The smallest absolute Gasteiger partial charge is 0.343 e. The van der Waals surface area contributed by atoms with Crippen molar-refractivity contribution in [2.75, 3.05) is 33.2 Å². The zero-order valence-corrected chi connectivity index (χ0v) is 17.5. The Morgan fingerprint density at radius 3 is 2.29 bits per heavy atom. The molecule has 7 heteroatoms. The number of nitrogens with zero attached hydrogens (tertiary/aromatic N) is 2. The fourth-order valence-electron chi connectivity index (χ4n) is 3.20. The highest BCUT2D eigenvalue weighted by atomic mass is 32.2. The van der Waals surface area contributed by atoms with E-state index in [9.17, 15) is 13.2 Å². The predicted octanol–water partition coefficient (Wildman–Crippen LogP) is 2.77. The van der Waals surface area contributed by atoms with Crippen LogP contribution in [-0.2, 0) is 10.0 Å². The van der Waals surface area contributed by atoms with Crippen molar-refractivity contribution in [1.29, 1.82) is 0 Å². The number of piperazine rings is 1. The lowest BCUT2D eigenvalue weighted by atomic mass is 10.1. The minimum absolute atomic E-state index is 0.115. The van der Waals surface area contributed by atoms with Gasteiger partial charge in [-0.05, 0) is 62.7 Å². The summed E-state index contributed by atoms with van der Waals surface area (Å²) in [6.45, 7) is 7.99. The first-order valence-electron chi connectivity index (χ1n) is 9.28. The van der Waals surface area contributed by atoms with Crippen LogP contribution in [0.25, 0.3) is 0 Å². The van der Waals surface area contributed by atoms with Crippen molar-refractivity contribution in [2.45, 2.75) is 25.7 Å². The lowest BCUT2D eigenvalue weighted by molar-refractivity contribution is 0.0732. The largest absolute Gasteiger partial charge is 0.422 e. The first kappa shape index (κ1) is 20.5. The van der Waals surface area contributed by atoms with Crippen molar-refractivity contribution in [3.05, 3.63) is 58.7 Å². The number of sulfonamides is 1. The predicted molar refractivity (Wildman–Crippen MR) is 108 cm³/mol. The van der Waals surface area contributed by atoms with E-state index in [1.807, 2.05) is 40.0 Å². The van der Waals surface area contributed by atoms with Crippen LogP contribution in [0, 0.1) is 20.8 Å². The molecular formula is C21H26N2O4S. The summed E-state index contributed by atoms with van der Waals surface area (Å²) < 4.78 is 33.0. The summed E-state index contributed by atoms with van der Waals surface area (Å²) in [7, 11) is -1.67. The van der Waals surface area contributed by atoms with Crippen LogP contribution in [0.5, 0.6) is 5.75 Å². The number of hydrogen-bond donors (Lipinski definition) is 0. The Hall–Kier alpha value is -2.22. The second kappa shape index (κ2) is 8.03. The van der Waals surface area contributed by atoms with E-state index in [0.717, 1.165) is 16.7 Å². The van der Waals surface area contributed by atoms with Crippen LogP contribution in [0.2, 0.25) is 0 Å². The third-order valence-corrected chi connectivity index (χ3v) is 7.13. The summed E-state index contributed by atoms with van der Waals surface area (Å²) >= 11 is 0. The van der Waals surface area contributed by atoms with Crippen molar-refractivity contribution in [3.8, 4) is 5.75 Å². The van der Waals surface area contributed by atoms with Crippen LogP contribution < -0.4 is 4.74 Å². The highest BCUT2D eigenvalue weighted by molar-refractivity contribution is 7.89. The molecule has 3 rings (SSSR count). The SMILES string of the molecule is Cc1ccc(C)c(OC(=O)c2cccc(S(=O)(=O)N3CCN(C)CC3)c2)c1C. The third-order valence-electron chi connectivity index (χ3n) is 5.24. The molecule has 0 bridgehead atoms. The number of hydrogen-bond acceptors (Lipinski definition) is 5. The molecule has 0 amide bonds. The zero-order valence-electron chi connectivity index (χ0n) is 16.7. The summed E-state index contributed by atoms with van der Waals surface area (Å²) in [6, 6.07) is 9.95. The highest BCUT2D eigenvalue weighted by Gasteiger charge is 2.28. The van der Waals surface area contributed by atoms with Crippen molar-refractivity contribution in [2.24, 2.45) is 0 Å². The Labute approximate surface area is 166 Å². The number of carbonyl (C=O) groups is 1. The minimum Gasteiger partial charge on any atom is -0.422 e. The molecule has 1 saturated heterocycles. The van der Waals surface area contributed by atoms with Crippen LogP contribution >= 0.6 is 0 Å². The summed E-state index contributed by atoms with van der Waals surface area (Å²) in [5.74, 6) is -0.0374. The number of esters is 1. The molecule has 0 N–H and O–H groups in total. The molecular weight excluding hydrogens is 376 g/mol. The van der Waals surface area contributed by atoms with Gasteiger partial charge < -0.3 is 9.64 Å². The number of benzene rings is 2. The van der Waals surface area contributed by atoms with Crippen molar-refractivity contribution in [3.63, 3.8) is 0 Å². The Bertz CT molecular complexity index is 993. The first-order valence-corrected chi connectivity index (χ1v) is 10.7. The molecule has 0 radical (unpaired) electrons. The van der Waals surface area contributed by atoms with Gasteiger partial charge in [0.25, 0.3) is 0 Å². The average molecular weight is 403 g/mol. The summed E-state index contributed by atoms with van der Waals surface area (Å²) in [5.41, 5.74) is 3.00. The van der Waals surface area contributed by atoms with Gasteiger partial charge in [-0.3, -0.25) is 0 Å². The van der Waals surface area contributed by atoms with Gasteiger partial charge in [0.05, 0.1) is 10.5 Å². The Morgan fingerprint density at radius 1 is 0.964 bits per heavy atom. The number of ether oxygens (including phenoxy) is 1. The molecule has 0 unspecified atom stereocenters. The van der Waals surface area contributed by atoms with Crippen LogP contribution in [0.1, 0.15) is 27.0 Å². The van der Waals surface area contributed by atoms with E-state index in [-0.39, 0.29) is 10.5 Å². The molecule has 0 saturated carbocycles. The molecule has 1 aliphatic rings. The molecule has 150 valence electrons. The van der Waals surface area contributed by atoms with E-state index in [1.165, 1.54) is 16.4 Å². The standard InChI is InChI=1S/C21H26N2O4S/c1-15-8-9-16(2)20(17(15)3)27-21(24)18-6-5-7-19(14-18)28(25,26)23-12-10-22(4)11-13-23/h5-9,14H,10-13H2,1-4H3. The summed E-state index contributed by atoms with van der Waals surface area (Å²) in [4.78, 5) is 14.9. The number of rotatable bonds is 4. The number of aryl methyl sites for hydroxylation is 2. The van der Waals surface area contributed by atoms with Crippen LogP contribution in [-0.4, -0.2) is 56.8 Å². The van der Waals surface area contributed by atoms with E-state index in [1.54, 1.807) is 12.1 Å². The van der Waals surface area contributed by atoms with E-state index in [4.69, 9.17) is 4.74 Å². The number of carbonyl (C=O) groups excluding carboxylic acids is 1. The van der Waals surface area contributed by atoms with Crippen LogP contribution in [0.3, 0.4) is 0 Å². The third kappa shape index (κ3) is 4.11. The fraction of sp³-hybridized carbons (Fsp3) is 0.381. The van der Waals surface area contributed by atoms with E-state index < -0.39 is 16.0 Å². The lowest BCUT2D eigenvalue weighted by Gasteiger charge is -2.31. The molecule has 1 aliphatic heterocycles. The van der Waals surface area contributed by atoms with Crippen molar-refractivity contribution < 1.29 is 17.9 Å². The van der Waals surface area contributed by atoms with Crippen molar-refractivity contribution in [1.82, 2.24) is 9.21 Å². The van der Waals surface area contributed by atoms with Gasteiger partial charge >= 0.3 is 5.97 Å². The van der Waals surface area contributed by atoms with Gasteiger partial charge in [0, 0.05) is 26.2 Å². The Morgan fingerprint density at radius 2 is 1.61 bits per heavy atom. The maximum absolute atomic E-state index is 12.9. The lowest BCUT2D eigenvalue weighted by Crippen LogP contribution is -2.47. The molecule has 2 aromatic carbocycles. The maximum atomic E-state index is 12.9. The molecule has 6 nitrogen and oxygen atoms in total. The Kier molecular flexibility index (Phi) is 5.88. The minimum atomic E-state index is -3.64. The van der Waals surface area contributed by atoms with Gasteiger partial charge in [-0.2, -0.15) is 4.31 Å². The topological polar surface area (TPSA) is 66.9 Å². The second-order valence-electron chi connectivity index (χ2n) is 7.28. The van der Waals surface area contributed by atoms with Gasteiger partial charge in [-0.25, -0.2) is 13.2 Å². The molecule has 0 spiro atoms. The van der Waals surface area contributed by atoms with Crippen LogP contribution in [0.15, 0.2) is 41.3 Å². The summed E-state index contributed by atoms with van der Waals surface area (Å²) in [6.07, 6.45) is 0. The molecule has 28 heavy (non-hydrogen) atoms. The van der Waals surface area contributed by atoms with Gasteiger partial charge in [0.2, 0.25) is 10.0 Å². The van der Waals surface area contributed by atoms with Crippen LogP contribution in [0.4, 0.5) is 0 Å². The Balaban J connectivity index is 1.85. The van der Waals surface area contributed by atoms with E-state index in [2.05, 4.69) is 4.90 Å². The summed E-state index contributed by atoms with van der Waals surface area (Å²) in [5, 5.41) is 0. The normalized spacial score (nSPS) is 16.1. The van der Waals surface area contributed by atoms with E-state index >= 15 is 0 Å². The van der Waals surface area contributed by atoms with Gasteiger partial charge in [-0.15, -0.1) is 0 Å². The molecule has 0 aliphatic carbocycles. The number of likely N-dealkylation sites (N-methyl/N-ethyl adjacent to an activating group) is 1. The maximum Gasteiger partial charge on any atom is 0.343 e. The molecule has 0 atom stereocenters. The quantitative estimate of drug-likeness (QED) is 0.581. The van der Waals surface area contributed by atoms with Gasteiger partial charge in [-0.1, -0.05) is 18.2 Å². The first-order chi connectivity index (χ1) is 13.2. The second-order valence-corrected chi connectivity index (χ2v) is 9.22. The van der Waals surface area contributed by atoms with Gasteiger partial charge in [0.15, 0.2) is 0 Å². The fourth-order valence-corrected chi connectivity index (χ4v) is 4.66. The zero-order chi connectivity index (χ0) is 20.5. The molecule has 1 heterocycles. The molecule has 1 fully saturated rings. The molecule has 2 aromatic rings. The monoisotopic (exact) mass is 402 g/mol. The molecule has 0 aromatic heterocycles. The highest BCUT2D eigenvalue weighted by Crippen LogP contribution is 2.27. The average Bonchev–Trinajstić information content (AvgIpc) is 2.68. The van der Waals surface area contributed by atoms with Crippen molar-refractivity contribution >= 4 is 16.0 Å². The van der Waals surface area contributed by atoms with Gasteiger partial charge in [0.1, 0.15) is 5.75 Å².